The van der Waals surface area contributed by atoms with Gasteiger partial charge in [0, 0.05) is 10.8 Å². The van der Waals surface area contributed by atoms with E-state index in [1.807, 2.05) is 0 Å². The molecule has 0 aliphatic rings. The molecule has 0 aliphatic heterocycles. The van der Waals surface area contributed by atoms with Crippen LogP contribution in [0.5, 0.6) is 5.75 Å². The average Bonchev–Trinajstić information content (AvgIpc) is 2.83. The Morgan fingerprint density at radius 3 is 1.91 bits per heavy atom. The summed E-state index contributed by atoms with van der Waals surface area (Å²) in [6, 6.07) is 6.04. The fourth-order valence-corrected chi connectivity index (χ4v) is 2.96. The van der Waals surface area contributed by atoms with E-state index in [0.29, 0.717) is 0 Å². The van der Waals surface area contributed by atoms with Gasteiger partial charge in [0.15, 0.2) is 10.9 Å². The van der Waals surface area contributed by atoms with Crippen molar-refractivity contribution in [2.45, 2.75) is 0 Å². The number of hydrogen-bond donors (Lipinski definition) is 2. The minimum atomic E-state index is -1.10. The first-order chi connectivity index (χ1) is 10.9. The summed E-state index contributed by atoms with van der Waals surface area (Å²) >= 11 is 0. The van der Waals surface area contributed by atoms with E-state index in [1.54, 1.807) is 12.1 Å². The van der Waals surface area contributed by atoms with E-state index < -0.39 is 33.2 Å². The topological polar surface area (TPSA) is 128 Å². The largest absolute Gasteiger partial charge is 0.506 e. The zero-order valence-corrected chi connectivity index (χ0v) is 11.4. The van der Waals surface area contributed by atoms with Crippen LogP contribution >= 0.6 is 0 Å². The van der Waals surface area contributed by atoms with Gasteiger partial charge in [-0.1, -0.05) is 24.3 Å². The molecular weight excluding hydrogens is 302 g/mol. The van der Waals surface area contributed by atoms with Crippen LogP contribution in [-0.2, 0) is 0 Å². The van der Waals surface area contributed by atoms with E-state index in [4.69, 9.17) is 5.73 Å². The van der Waals surface area contributed by atoms with Crippen molar-refractivity contribution in [3.05, 3.63) is 65.6 Å². The second-order valence-corrected chi connectivity index (χ2v) is 5.14. The van der Waals surface area contributed by atoms with Crippen molar-refractivity contribution in [1.82, 2.24) is 0 Å². The molecule has 0 saturated carbocycles. The Hall–Kier alpha value is -3.48. The lowest BCUT2D eigenvalue weighted by molar-refractivity contribution is 0.479. The molecule has 0 amide bonds. The molecule has 0 aliphatic carbocycles. The van der Waals surface area contributed by atoms with Crippen molar-refractivity contribution in [3.63, 3.8) is 0 Å². The molecule has 4 rings (SSSR count). The van der Waals surface area contributed by atoms with E-state index in [-0.39, 0.29) is 32.6 Å². The zero-order valence-electron chi connectivity index (χ0n) is 11.4. The molecule has 4 aromatic rings. The molecule has 1 aromatic heterocycles. The first kappa shape index (κ1) is 13.2. The number of nitrogens with two attached hydrogens (primary N) is 1. The van der Waals surface area contributed by atoms with Crippen molar-refractivity contribution in [2.75, 3.05) is 5.73 Å². The summed E-state index contributed by atoms with van der Waals surface area (Å²) in [6.07, 6.45) is 0. The lowest BCUT2D eigenvalue weighted by Gasteiger charge is -2.06. The van der Waals surface area contributed by atoms with Crippen LogP contribution < -0.4 is 27.8 Å². The van der Waals surface area contributed by atoms with Crippen LogP contribution in [0.3, 0.4) is 0 Å². The van der Waals surface area contributed by atoms with Crippen molar-refractivity contribution in [2.24, 2.45) is 0 Å². The van der Waals surface area contributed by atoms with Gasteiger partial charge in [0.2, 0.25) is 0 Å². The fourth-order valence-electron chi connectivity index (χ4n) is 2.96. The minimum Gasteiger partial charge on any atom is -0.506 e. The summed E-state index contributed by atoms with van der Waals surface area (Å²) in [7, 11) is 0. The molecule has 0 radical (unpaired) electrons. The summed E-state index contributed by atoms with van der Waals surface area (Å²) in [5.74, 6) is -0.757. The highest BCUT2D eigenvalue weighted by Crippen LogP contribution is 2.33. The predicted octanol–water partition coefficient (Wildman–Crippen LogP) is 0.343. The molecule has 0 spiro atoms. The molecule has 112 valence electrons. The van der Waals surface area contributed by atoms with Crippen molar-refractivity contribution in [3.8, 4) is 5.75 Å². The Labute approximate surface area is 125 Å². The van der Waals surface area contributed by atoms with E-state index in [0.717, 1.165) is 0 Å². The van der Waals surface area contributed by atoms with E-state index in [9.17, 15) is 24.3 Å². The maximum Gasteiger partial charge on any atom is 0.350 e. The maximum absolute atomic E-state index is 12.6. The van der Waals surface area contributed by atoms with Crippen LogP contribution in [0.15, 0.2) is 47.9 Å². The molecule has 3 N–H and O–H groups in total. The highest BCUT2D eigenvalue weighted by Gasteiger charge is 2.25. The van der Waals surface area contributed by atoms with Crippen molar-refractivity contribution < 1.29 is 9.52 Å². The second kappa shape index (κ2) is 4.04. The molecule has 0 atom stereocenters. The number of rotatable bonds is 0. The van der Waals surface area contributed by atoms with Crippen LogP contribution in [0.4, 0.5) is 5.69 Å². The third-order valence-electron chi connectivity index (χ3n) is 3.98. The number of nitrogen functional groups attached to an aromatic ring is 1. The Bertz CT molecular complexity index is 1250. The molecule has 7 nitrogen and oxygen atoms in total. The van der Waals surface area contributed by atoms with E-state index >= 15 is 0 Å². The summed E-state index contributed by atoms with van der Waals surface area (Å²) in [5, 5.41) is 8.99. The summed E-state index contributed by atoms with van der Waals surface area (Å²) in [5.41, 5.74) is 2.11. The normalized spacial score (nSPS) is 11.7. The molecule has 0 bridgehead atoms. The van der Waals surface area contributed by atoms with Gasteiger partial charge in [0.1, 0.15) is 16.5 Å². The predicted molar refractivity (Wildman–Crippen MR) is 84.8 cm³/mol. The Morgan fingerprint density at radius 2 is 1.30 bits per heavy atom. The van der Waals surface area contributed by atoms with Gasteiger partial charge in [-0.15, -0.1) is 0 Å². The molecule has 1 heterocycles. The standard InChI is InChI=1S/C16H7NO6/c17-11-7-9(14(20)10-8(11)15(21)23-16(10)22)13(19)6-4-2-1-3-5(6)12(7)18/h1-4,20H,17H2. The van der Waals surface area contributed by atoms with Crippen LogP contribution in [-0.4, -0.2) is 5.11 Å². The second-order valence-electron chi connectivity index (χ2n) is 5.14. The number of furan rings is 1. The number of benzene rings is 3. The fraction of sp³-hybridized carbons (Fsp3) is 0. The number of fused-ring (bicyclic) bond motifs is 3. The van der Waals surface area contributed by atoms with Gasteiger partial charge in [-0.25, -0.2) is 9.59 Å². The van der Waals surface area contributed by atoms with Crippen molar-refractivity contribution >= 4 is 38.0 Å². The van der Waals surface area contributed by atoms with Gasteiger partial charge in [-0.05, 0) is 0 Å². The zero-order chi connectivity index (χ0) is 16.5. The lowest BCUT2D eigenvalue weighted by atomic mass is 9.97. The summed E-state index contributed by atoms with van der Waals surface area (Å²) in [4.78, 5) is 48.7. The highest BCUT2D eigenvalue weighted by molar-refractivity contribution is 6.17. The molecule has 7 heteroatoms. The van der Waals surface area contributed by atoms with Gasteiger partial charge >= 0.3 is 11.3 Å². The summed E-state index contributed by atoms with van der Waals surface area (Å²) in [6.45, 7) is 0. The number of hydrogen-bond acceptors (Lipinski definition) is 7. The van der Waals surface area contributed by atoms with Crippen LogP contribution in [0.25, 0.3) is 32.3 Å². The molecule has 0 unspecified atom stereocenters. The SMILES string of the molecule is Nc1c2c(=O)oc(=O)c2c(O)c2c(=O)c3ccccc3c(=O)c12. The van der Waals surface area contributed by atoms with Gasteiger partial charge < -0.3 is 15.3 Å². The van der Waals surface area contributed by atoms with E-state index in [1.165, 1.54) is 12.1 Å². The van der Waals surface area contributed by atoms with Gasteiger partial charge in [-0.2, -0.15) is 0 Å². The first-order valence-corrected chi connectivity index (χ1v) is 6.56. The smallest absolute Gasteiger partial charge is 0.350 e. The third kappa shape index (κ3) is 1.43. The van der Waals surface area contributed by atoms with Gasteiger partial charge in [0.05, 0.1) is 16.5 Å². The summed E-state index contributed by atoms with van der Waals surface area (Å²) < 4.78 is 4.42. The van der Waals surface area contributed by atoms with Crippen molar-refractivity contribution in [1.29, 1.82) is 0 Å². The van der Waals surface area contributed by atoms with Crippen LogP contribution in [0.2, 0.25) is 0 Å². The monoisotopic (exact) mass is 309 g/mol. The van der Waals surface area contributed by atoms with Gasteiger partial charge in [-0.3, -0.25) is 9.59 Å². The first-order valence-electron chi connectivity index (χ1n) is 6.56. The Balaban J connectivity index is 2.56. The average molecular weight is 309 g/mol. The molecule has 3 aromatic carbocycles. The highest BCUT2D eigenvalue weighted by atomic mass is 16.4. The third-order valence-corrected chi connectivity index (χ3v) is 3.98. The molecule has 23 heavy (non-hydrogen) atoms. The molecular formula is C16H7NO6. The van der Waals surface area contributed by atoms with Gasteiger partial charge in [0.25, 0.3) is 0 Å². The molecule has 0 fully saturated rings. The Kier molecular flexibility index (Phi) is 2.32. The molecule has 0 saturated heterocycles. The number of anilines is 1. The van der Waals surface area contributed by atoms with Crippen LogP contribution in [0.1, 0.15) is 0 Å². The Morgan fingerprint density at radius 1 is 0.783 bits per heavy atom. The number of aromatic hydroxyl groups is 1. The lowest BCUT2D eigenvalue weighted by Crippen LogP contribution is -2.15. The number of phenols is 1. The van der Waals surface area contributed by atoms with Crippen LogP contribution in [0, 0.1) is 0 Å². The maximum atomic E-state index is 12.6. The minimum absolute atomic E-state index is 0.0948. The number of phenolic OH excluding ortho intramolecular Hbond substituents is 1. The quantitative estimate of drug-likeness (QED) is 0.272. The van der Waals surface area contributed by atoms with E-state index in [2.05, 4.69) is 4.42 Å².